The lowest BCUT2D eigenvalue weighted by atomic mass is 9.99. The zero-order valence-corrected chi connectivity index (χ0v) is 11.8. The van der Waals surface area contributed by atoms with E-state index < -0.39 is 0 Å². The third-order valence-electron chi connectivity index (χ3n) is 4.45. The summed E-state index contributed by atoms with van der Waals surface area (Å²) in [5.41, 5.74) is 8.12. The van der Waals surface area contributed by atoms with Gasteiger partial charge in [0.05, 0.1) is 0 Å². The van der Waals surface area contributed by atoms with Gasteiger partial charge in [-0.15, -0.1) is 0 Å². The summed E-state index contributed by atoms with van der Waals surface area (Å²) in [5.74, 6) is 1.12. The van der Waals surface area contributed by atoms with Gasteiger partial charge in [0.1, 0.15) is 5.82 Å². The number of piperazine rings is 1. The van der Waals surface area contributed by atoms with Crippen LogP contribution in [-0.2, 0) is 6.54 Å². The van der Waals surface area contributed by atoms with E-state index in [0.717, 1.165) is 30.6 Å². The lowest BCUT2D eigenvalue weighted by Gasteiger charge is -2.44. The Morgan fingerprint density at radius 1 is 1.26 bits per heavy atom. The molecule has 2 aliphatic rings. The topological polar surface area (TPSA) is 45.4 Å². The number of aryl methyl sites for hydroxylation is 1. The fraction of sp³-hybridized carbons (Fsp3) is 0.667. The second kappa shape index (κ2) is 5.47. The molecule has 1 aromatic rings. The number of rotatable bonds is 2. The van der Waals surface area contributed by atoms with Gasteiger partial charge in [-0.25, -0.2) is 4.98 Å². The molecule has 19 heavy (non-hydrogen) atoms. The summed E-state index contributed by atoms with van der Waals surface area (Å²) in [4.78, 5) is 9.83. The Balaban J connectivity index is 1.80. The SMILES string of the molecule is Cc1ccc(CN)c(N2CCN3CCCCC3C2)n1. The number of nitrogens with two attached hydrogens (primary N) is 1. The van der Waals surface area contributed by atoms with E-state index in [4.69, 9.17) is 10.7 Å². The summed E-state index contributed by atoms with van der Waals surface area (Å²) in [6.07, 6.45) is 4.08. The third kappa shape index (κ3) is 2.60. The van der Waals surface area contributed by atoms with Gasteiger partial charge in [0.2, 0.25) is 0 Å². The Hall–Kier alpha value is -1.13. The van der Waals surface area contributed by atoms with Crippen LogP contribution in [0.5, 0.6) is 0 Å². The van der Waals surface area contributed by atoms with E-state index in [2.05, 4.69) is 28.9 Å². The van der Waals surface area contributed by atoms with Crippen LogP contribution in [-0.4, -0.2) is 42.1 Å². The third-order valence-corrected chi connectivity index (χ3v) is 4.45. The molecule has 2 aliphatic heterocycles. The number of piperidine rings is 1. The van der Waals surface area contributed by atoms with Crippen LogP contribution in [0.1, 0.15) is 30.5 Å². The van der Waals surface area contributed by atoms with Gasteiger partial charge in [-0.1, -0.05) is 12.5 Å². The standard InChI is InChI=1S/C15H24N4/c1-12-5-6-13(10-16)15(17-12)19-9-8-18-7-3-2-4-14(18)11-19/h5-6,14H,2-4,7-11,16H2,1H3. The van der Waals surface area contributed by atoms with Gasteiger partial charge in [-0.3, -0.25) is 4.90 Å². The lowest BCUT2D eigenvalue weighted by molar-refractivity contribution is 0.133. The summed E-state index contributed by atoms with van der Waals surface area (Å²) in [6, 6.07) is 4.91. The molecular weight excluding hydrogens is 236 g/mol. The number of pyridine rings is 1. The highest BCUT2D eigenvalue weighted by atomic mass is 15.3. The number of anilines is 1. The second-order valence-electron chi connectivity index (χ2n) is 5.77. The molecule has 0 saturated carbocycles. The van der Waals surface area contributed by atoms with Crippen LogP contribution in [0.4, 0.5) is 5.82 Å². The van der Waals surface area contributed by atoms with Crippen molar-refractivity contribution in [3.63, 3.8) is 0 Å². The Labute approximate surface area is 115 Å². The summed E-state index contributed by atoms with van der Waals surface area (Å²) >= 11 is 0. The Bertz CT molecular complexity index is 446. The molecule has 3 heterocycles. The van der Waals surface area contributed by atoms with Crippen LogP contribution in [0, 0.1) is 6.92 Å². The van der Waals surface area contributed by atoms with Crippen LogP contribution in [0.3, 0.4) is 0 Å². The average Bonchev–Trinajstić information content (AvgIpc) is 2.46. The lowest BCUT2D eigenvalue weighted by Crippen LogP contribution is -2.55. The van der Waals surface area contributed by atoms with Gasteiger partial charge in [0, 0.05) is 43.5 Å². The zero-order valence-electron chi connectivity index (χ0n) is 11.8. The molecule has 0 aliphatic carbocycles. The maximum atomic E-state index is 5.86. The number of hydrogen-bond donors (Lipinski definition) is 1. The quantitative estimate of drug-likeness (QED) is 0.876. The van der Waals surface area contributed by atoms with Crippen LogP contribution < -0.4 is 10.6 Å². The smallest absolute Gasteiger partial charge is 0.133 e. The first-order valence-electron chi connectivity index (χ1n) is 7.43. The van der Waals surface area contributed by atoms with Crippen molar-refractivity contribution in [2.45, 2.75) is 38.8 Å². The van der Waals surface area contributed by atoms with Gasteiger partial charge < -0.3 is 10.6 Å². The van der Waals surface area contributed by atoms with Crippen LogP contribution in [0.15, 0.2) is 12.1 Å². The van der Waals surface area contributed by atoms with Crippen molar-refractivity contribution in [3.05, 3.63) is 23.4 Å². The normalized spacial score (nSPS) is 24.3. The fourth-order valence-electron chi connectivity index (χ4n) is 3.35. The van der Waals surface area contributed by atoms with Crippen molar-refractivity contribution < 1.29 is 0 Å². The van der Waals surface area contributed by atoms with Gasteiger partial charge >= 0.3 is 0 Å². The van der Waals surface area contributed by atoms with E-state index in [1.807, 2.05) is 0 Å². The van der Waals surface area contributed by atoms with Crippen LogP contribution in [0.25, 0.3) is 0 Å². The molecule has 1 unspecified atom stereocenters. The molecule has 1 aromatic heterocycles. The highest BCUT2D eigenvalue weighted by molar-refractivity contribution is 5.48. The highest BCUT2D eigenvalue weighted by Gasteiger charge is 2.30. The minimum atomic E-state index is 0.577. The van der Waals surface area contributed by atoms with Gasteiger partial charge in [-0.2, -0.15) is 0 Å². The predicted octanol–water partition coefficient (Wildman–Crippen LogP) is 1.52. The van der Waals surface area contributed by atoms with Crippen LogP contribution >= 0.6 is 0 Å². The van der Waals surface area contributed by atoms with Crippen molar-refractivity contribution in [2.24, 2.45) is 5.73 Å². The van der Waals surface area contributed by atoms with E-state index in [1.165, 1.54) is 37.9 Å². The van der Waals surface area contributed by atoms with Gasteiger partial charge in [0.25, 0.3) is 0 Å². The Morgan fingerprint density at radius 3 is 3.00 bits per heavy atom. The van der Waals surface area contributed by atoms with Gasteiger partial charge in [0.15, 0.2) is 0 Å². The van der Waals surface area contributed by atoms with Crippen LogP contribution in [0.2, 0.25) is 0 Å². The molecule has 2 fully saturated rings. The van der Waals surface area contributed by atoms with E-state index in [9.17, 15) is 0 Å². The largest absolute Gasteiger partial charge is 0.353 e. The highest BCUT2D eigenvalue weighted by Crippen LogP contribution is 2.26. The molecule has 0 aromatic carbocycles. The summed E-state index contributed by atoms with van der Waals surface area (Å²) < 4.78 is 0. The van der Waals surface area contributed by atoms with E-state index in [0.29, 0.717) is 6.54 Å². The predicted molar refractivity (Wildman–Crippen MR) is 78.3 cm³/mol. The molecule has 3 rings (SSSR count). The van der Waals surface area contributed by atoms with Crippen molar-refractivity contribution >= 4 is 5.82 Å². The first-order chi connectivity index (χ1) is 9.28. The molecule has 1 atom stereocenters. The molecule has 2 N–H and O–H groups in total. The number of hydrogen-bond acceptors (Lipinski definition) is 4. The molecule has 0 amide bonds. The Kier molecular flexibility index (Phi) is 3.71. The monoisotopic (exact) mass is 260 g/mol. The minimum Gasteiger partial charge on any atom is -0.353 e. The molecule has 4 nitrogen and oxygen atoms in total. The van der Waals surface area contributed by atoms with E-state index in [1.54, 1.807) is 0 Å². The summed E-state index contributed by atoms with van der Waals surface area (Å²) in [6.45, 7) is 7.28. The average molecular weight is 260 g/mol. The van der Waals surface area contributed by atoms with Crippen molar-refractivity contribution in [1.29, 1.82) is 0 Å². The second-order valence-corrected chi connectivity index (χ2v) is 5.77. The maximum absolute atomic E-state index is 5.86. The van der Waals surface area contributed by atoms with Gasteiger partial charge in [-0.05, 0) is 32.4 Å². The van der Waals surface area contributed by atoms with Crippen molar-refractivity contribution in [2.75, 3.05) is 31.1 Å². The molecule has 0 radical (unpaired) electrons. The number of aromatic nitrogens is 1. The van der Waals surface area contributed by atoms with E-state index in [-0.39, 0.29) is 0 Å². The summed E-state index contributed by atoms with van der Waals surface area (Å²) in [7, 11) is 0. The number of nitrogens with zero attached hydrogens (tertiary/aromatic N) is 3. The molecule has 2 saturated heterocycles. The summed E-state index contributed by atoms with van der Waals surface area (Å²) in [5, 5.41) is 0. The molecular formula is C15H24N4. The minimum absolute atomic E-state index is 0.577. The van der Waals surface area contributed by atoms with Crippen molar-refractivity contribution in [3.8, 4) is 0 Å². The molecule has 4 heteroatoms. The first-order valence-corrected chi connectivity index (χ1v) is 7.43. The maximum Gasteiger partial charge on any atom is 0.133 e. The number of fused-ring (bicyclic) bond motifs is 1. The Morgan fingerprint density at radius 2 is 2.16 bits per heavy atom. The first kappa shape index (κ1) is 12.9. The van der Waals surface area contributed by atoms with E-state index >= 15 is 0 Å². The fourth-order valence-corrected chi connectivity index (χ4v) is 3.35. The van der Waals surface area contributed by atoms with Crippen molar-refractivity contribution in [1.82, 2.24) is 9.88 Å². The zero-order chi connectivity index (χ0) is 13.2. The molecule has 0 bridgehead atoms. The molecule has 104 valence electrons. The molecule has 0 spiro atoms.